The van der Waals surface area contributed by atoms with Gasteiger partial charge in [0, 0.05) is 0 Å². The predicted octanol–water partition coefficient (Wildman–Crippen LogP) is 5.37. The summed E-state index contributed by atoms with van der Waals surface area (Å²) < 4.78 is 6.55. The Morgan fingerprint density at radius 3 is 2.16 bits per heavy atom. The molecule has 1 aliphatic heterocycles. The molecule has 1 aliphatic rings. The molecule has 0 N–H and O–H groups in total. The van der Waals surface area contributed by atoms with Crippen LogP contribution in [0.1, 0.15) is 54.4 Å². The lowest BCUT2D eigenvalue weighted by molar-refractivity contribution is -0.0563. The first-order chi connectivity index (χ1) is 8.93. The van der Waals surface area contributed by atoms with Crippen molar-refractivity contribution < 1.29 is 4.74 Å². The van der Waals surface area contributed by atoms with Gasteiger partial charge in [-0.2, -0.15) is 0 Å². The quantitative estimate of drug-likeness (QED) is 0.645. The minimum atomic E-state index is 0.347. The molecule has 1 nitrogen and oxygen atoms in total. The lowest BCUT2D eigenvalue weighted by Gasteiger charge is -2.37. The van der Waals surface area contributed by atoms with Crippen molar-refractivity contribution in [3.05, 3.63) is 12.2 Å². The third-order valence-corrected chi connectivity index (χ3v) is 5.37. The summed E-state index contributed by atoms with van der Waals surface area (Å²) in [5, 5.41) is 0. The summed E-state index contributed by atoms with van der Waals surface area (Å²) in [6.45, 7) is 13.8. The monoisotopic (exact) mass is 284 g/mol. The summed E-state index contributed by atoms with van der Waals surface area (Å²) in [6, 6.07) is 0. The Bertz CT molecular complexity index is 270. The first-order valence-corrected chi connectivity index (χ1v) is 8.90. The summed E-state index contributed by atoms with van der Waals surface area (Å²) in [6.07, 6.45) is 7.45. The molecule has 0 aliphatic carbocycles. The maximum Gasteiger partial charge on any atom is 0.105 e. The van der Waals surface area contributed by atoms with Gasteiger partial charge in [0.15, 0.2) is 0 Å². The third kappa shape index (κ3) is 5.51. The van der Waals surface area contributed by atoms with Crippen LogP contribution in [0.5, 0.6) is 0 Å². The summed E-state index contributed by atoms with van der Waals surface area (Å²) in [5.41, 5.74) is 0.347. The number of ether oxygens (including phenoxy) is 1. The Balaban J connectivity index is 2.90. The van der Waals surface area contributed by atoms with Crippen molar-refractivity contribution in [1.29, 1.82) is 0 Å². The average Bonchev–Trinajstić information content (AvgIpc) is 2.33. The molecule has 0 aromatic rings. The molecular formula is C17H32OS. The summed E-state index contributed by atoms with van der Waals surface area (Å²) >= 11 is 1.99. The van der Waals surface area contributed by atoms with Gasteiger partial charge in [-0.05, 0) is 42.3 Å². The van der Waals surface area contributed by atoms with Crippen molar-refractivity contribution in [2.75, 3.05) is 5.75 Å². The normalized spacial score (nSPS) is 31.9. The Labute approximate surface area is 124 Å². The van der Waals surface area contributed by atoms with Gasteiger partial charge in [0.2, 0.25) is 0 Å². The van der Waals surface area contributed by atoms with Crippen LogP contribution in [-0.2, 0) is 4.74 Å². The van der Waals surface area contributed by atoms with Crippen LogP contribution in [0.4, 0.5) is 0 Å². The molecule has 0 saturated carbocycles. The van der Waals surface area contributed by atoms with Crippen LogP contribution in [0.3, 0.4) is 0 Å². The molecule has 0 amide bonds. The third-order valence-electron chi connectivity index (χ3n) is 3.91. The standard InChI is InChI=1S/C17H32OS/c1-12(2)15-10-8-7-9-11-19-17(14(5)6)18-16(15)13(3)4/h7-8,12-17H,9-11H2,1-6H3/b8-7+. The Morgan fingerprint density at radius 1 is 0.947 bits per heavy atom. The Kier molecular flexibility index (Phi) is 7.53. The van der Waals surface area contributed by atoms with Gasteiger partial charge in [-0.25, -0.2) is 0 Å². The van der Waals surface area contributed by atoms with Gasteiger partial charge in [0.05, 0.1) is 6.10 Å². The smallest absolute Gasteiger partial charge is 0.105 e. The van der Waals surface area contributed by atoms with Crippen molar-refractivity contribution in [2.45, 2.75) is 65.9 Å². The topological polar surface area (TPSA) is 9.23 Å². The zero-order valence-electron chi connectivity index (χ0n) is 13.6. The summed E-state index contributed by atoms with van der Waals surface area (Å²) in [7, 11) is 0. The van der Waals surface area contributed by atoms with Crippen molar-refractivity contribution in [2.24, 2.45) is 23.7 Å². The molecule has 0 saturated heterocycles. The van der Waals surface area contributed by atoms with Gasteiger partial charge in [-0.15, -0.1) is 11.8 Å². The van der Waals surface area contributed by atoms with Crippen LogP contribution in [0, 0.1) is 23.7 Å². The lowest BCUT2D eigenvalue weighted by Crippen LogP contribution is -2.37. The minimum Gasteiger partial charge on any atom is -0.364 e. The molecule has 0 spiro atoms. The Hall–Kier alpha value is 0.0500. The molecule has 112 valence electrons. The van der Waals surface area contributed by atoms with E-state index in [-0.39, 0.29) is 0 Å². The van der Waals surface area contributed by atoms with E-state index in [1.807, 2.05) is 11.8 Å². The van der Waals surface area contributed by atoms with E-state index in [0.717, 1.165) is 6.42 Å². The Morgan fingerprint density at radius 2 is 1.63 bits per heavy atom. The van der Waals surface area contributed by atoms with E-state index < -0.39 is 0 Å². The molecule has 1 heterocycles. The summed E-state index contributed by atoms with van der Waals surface area (Å²) in [5.74, 6) is 3.66. The van der Waals surface area contributed by atoms with Gasteiger partial charge >= 0.3 is 0 Å². The van der Waals surface area contributed by atoms with E-state index in [4.69, 9.17) is 4.74 Å². The molecule has 0 aromatic carbocycles. The number of thioether (sulfide) groups is 1. The minimum absolute atomic E-state index is 0.347. The van der Waals surface area contributed by atoms with E-state index in [1.54, 1.807) is 0 Å². The van der Waals surface area contributed by atoms with Crippen LogP contribution in [0.15, 0.2) is 12.2 Å². The molecule has 1 rings (SSSR count). The molecule has 0 fully saturated rings. The van der Waals surface area contributed by atoms with Crippen LogP contribution in [0.25, 0.3) is 0 Å². The zero-order chi connectivity index (χ0) is 14.4. The molecule has 0 radical (unpaired) electrons. The largest absolute Gasteiger partial charge is 0.364 e. The van der Waals surface area contributed by atoms with Crippen molar-refractivity contribution in [3.8, 4) is 0 Å². The van der Waals surface area contributed by atoms with Crippen LogP contribution < -0.4 is 0 Å². The van der Waals surface area contributed by atoms with Crippen molar-refractivity contribution >= 4 is 11.8 Å². The highest BCUT2D eigenvalue weighted by Crippen LogP contribution is 2.33. The second-order valence-corrected chi connectivity index (χ2v) is 7.94. The molecule has 3 unspecified atom stereocenters. The molecule has 2 heteroatoms. The number of allylic oxidation sites excluding steroid dienone is 2. The van der Waals surface area contributed by atoms with E-state index in [1.165, 1.54) is 12.2 Å². The highest BCUT2D eigenvalue weighted by atomic mass is 32.2. The number of rotatable bonds is 3. The van der Waals surface area contributed by atoms with E-state index in [9.17, 15) is 0 Å². The van der Waals surface area contributed by atoms with E-state index in [2.05, 4.69) is 53.7 Å². The second-order valence-electron chi connectivity index (χ2n) is 6.73. The molecular weight excluding hydrogens is 252 g/mol. The van der Waals surface area contributed by atoms with Crippen molar-refractivity contribution in [3.63, 3.8) is 0 Å². The van der Waals surface area contributed by atoms with Crippen LogP contribution in [-0.4, -0.2) is 17.3 Å². The van der Waals surface area contributed by atoms with Crippen LogP contribution in [0.2, 0.25) is 0 Å². The average molecular weight is 285 g/mol. The van der Waals surface area contributed by atoms with Gasteiger partial charge < -0.3 is 4.74 Å². The number of hydrogen-bond acceptors (Lipinski definition) is 2. The second kappa shape index (κ2) is 8.36. The fraction of sp³-hybridized carbons (Fsp3) is 0.882. The first-order valence-electron chi connectivity index (χ1n) is 7.85. The van der Waals surface area contributed by atoms with Gasteiger partial charge in [0.25, 0.3) is 0 Å². The maximum atomic E-state index is 6.55. The first kappa shape index (κ1) is 17.1. The van der Waals surface area contributed by atoms with E-state index >= 15 is 0 Å². The highest BCUT2D eigenvalue weighted by molar-refractivity contribution is 7.99. The summed E-state index contributed by atoms with van der Waals surface area (Å²) in [4.78, 5) is 0. The zero-order valence-corrected chi connectivity index (χ0v) is 14.4. The fourth-order valence-electron chi connectivity index (χ4n) is 2.71. The molecule has 19 heavy (non-hydrogen) atoms. The van der Waals surface area contributed by atoms with Gasteiger partial charge in [-0.3, -0.25) is 0 Å². The molecule has 3 atom stereocenters. The van der Waals surface area contributed by atoms with Gasteiger partial charge in [-0.1, -0.05) is 53.7 Å². The van der Waals surface area contributed by atoms with Crippen molar-refractivity contribution in [1.82, 2.24) is 0 Å². The predicted molar refractivity (Wildman–Crippen MR) is 87.5 cm³/mol. The SMILES string of the molecule is CC(C)C1OC(C(C)C)C(C(C)C)C/C=C/CCS1. The molecule has 0 bridgehead atoms. The highest BCUT2D eigenvalue weighted by Gasteiger charge is 2.31. The van der Waals surface area contributed by atoms with Crippen LogP contribution >= 0.6 is 11.8 Å². The maximum absolute atomic E-state index is 6.55. The van der Waals surface area contributed by atoms with E-state index in [0.29, 0.717) is 35.2 Å². The van der Waals surface area contributed by atoms with Gasteiger partial charge in [0.1, 0.15) is 5.44 Å². The number of hydrogen-bond donors (Lipinski definition) is 0. The fourth-order valence-corrected chi connectivity index (χ4v) is 3.80. The molecule has 0 aromatic heterocycles. The lowest BCUT2D eigenvalue weighted by atomic mass is 9.82.